The van der Waals surface area contributed by atoms with Gasteiger partial charge < -0.3 is 10.1 Å². The third-order valence-electron chi connectivity index (χ3n) is 3.88. The molecule has 0 heterocycles. The number of ether oxygens (including phenoxy) is 1. The minimum Gasteiger partial charge on any atom is -0.449 e. The van der Waals surface area contributed by atoms with E-state index < -0.39 is 12.1 Å². The highest BCUT2D eigenvalue weighted by Crippen LogP contribution is 2.20. The molecule has 4 nitrogen and oxygen atoms in total. The molecule has 0 saturated heterocycles. The molecule has 0 saturated carbocycles. The largest absolute Gasteiger partial charge is 0.449 e. The molecule has 0 bridgehead atoms. The molecule has 6 heteroatoms. The standard InChI is InChI=1S/C18H21Cl2NO3/c1-12(17(22)21-8-7-13-5-3-2-4-6-13)24-18(23)14-9-15(19)11-16(20)10-14/h5,9-12H,2-4,6-8H2,1H3,(H,21,22)/t12-/m1/s1. The van der Waals surface area contributed by atoms with Gasteiger partial charge in [-0.3, -0.25) is 4.79 Å². The van der Waals surface area contributed by atoms with Crippen LogP contribution in [0.3, 0.4) is 0 Å². The van der Waals surface area contributed by atoms with Gasteiger partial charge in [0.25, 0.3) is 5.91 Å². The van der Waals surface area contributed by atoms with Crippen LogP contribution in [0.25, 0.3) is 0 Å². The maximum atomic E-state index is 12.1. The lowest BCUT2D eigenvalue weighted by molar-refractivity contribution is -0.129. The molecule has 0 unspecified atom stereocenters. The van der Waals surface area contributed by atoms with Crippen molar-refractivity contribution >= 4 is 35.1 Å². The zero-order chi connectivity index (χ0) is 17.5. The maximum absolute atomic E-state index is 12.1. The normalized spacial score (nSPS) is 15.4. The van der Waals surface area contributed by atoms with Gasteiger partial charge in [-0.2, -0.15) is 0 Å². The molecule has 1 atom stereocenters. The highest BCUT2D eigenvalue weighted by molar-refractivity contribution is 6.35. The second-order valence-electron chi connectivity index (χ2n) is 5.85. The Labute approximate surface area is 152 Å². The van der Waals surface area contributed by atoms with Crippen LogP contribution in [0, 0.1) is 0 Å². The number of hydrogen-bond donors (Lipinski definition) is 1. The highest BCUT2D eigenvalue weighted by atomic mass is 35.5. The monoisotopic (exact) mass is 369 g/mol. The van der Waals surface area contributed by atoms with Crippen molar-refractivity contribution in [2.45, 2.75) is 45.1 Å². The highest BCUT2D eigenvalue weighted by Gasteiger charge is 2.19. The average Bonchev–Trinajstić information content (AvgIpc) is 2.54. The summed E-state index contributed by atoms with van der Waals surface area (Å²) in [5.74, 6) is -0.940. The quantitative estimate of drug-likeness (QED) is 0.591. The van der Waals surface area contributed by atoms with Crippen molar-refractivity contribution in [1.82, 2.24) is 5.32 Å². The third-order valence-corrected chi connectivity index (χ3v) is 4.32. The van der Waals surface area contributed by atoms with Crippen molar-refractivity contribution in [1.29, 1.82) is 0 Å². The smallest absolute Gasteiger partial charge is 0.339 e. The van der Waals surface area contributed by atoms with E-state index in [2.05, 4.69) is 11.4 Å². The van der Waals surface area contributed by atoms with E-state index in [1.165, 1.54) is 36.6 Å². The molecule has 0 fully saturated rings. The Morgan fingerprint density at radius 3 is 2.54 bits per heavy atom. The Hall–Kier alpha value is -1.52. The summed E-state index contributed by atoms with van der Waals surface area (Å²) in [6, 6.07) is 4.43. The molecule has 1 aromatic rings. The van der Waals surface area contributed by atoms with Gasteiger partial charge in [-0.25, -0.2) is 4.79 Å². The number of rotatable bonds is 6. The fourth-order valence-corrected chi connectivity index (χ4v) is 3.10. The Morgan fingerprint density at radius 1 is 1.21 bits per heavy atom. The van der Waals surface area contributed by atoms with E-state index in [1.807, 2.05) is 0 Å². The summed E-state index contributed by atoms with van der Waals surface area (Å²) in [5.41, 5.74) is 1.61. The van der Waals surface area contributed by atoms with Crippen LogP contribution in [0.15, 0.2) is 29.8 Å². The molecule has 1 aliphatic rings. The third kappa shape index (κ3) is 5.84. The summed E-state index contributed by atoms with van der Waals surface area (Å²) < 4.78 is 5.17. The van der Waals surface area contributed by atoms with Crippen LogP contribution in [0.5, 0.6) is 0 Å². The molecule has 1 aromatic carbocycles. The molecule has 1 aliphatic carbocycles. The lowest BCUT2D eigenvalue weighted by Gasteiger charge is -2.15. The molecule has 0 radical (unpaired) electrons. The second kappa shape index (κ2) is 9.09. The zero-order valence-corrected chi connectivity index (χ0v) is 15.1. The van der Waals surface area contributed by atoms with E-state index in [1.54, 1.807) is 6.92 Å². The number of nitrogens with one attached hydrogen (secondary N) is 1. The van der Waals surface area contributed by atoms with Crippen molar-refractivity contribution < 1.29 is 14.3 Å². The molecule has 0 aliphatic heterocycles. The first-order valence-corrected chi connectivity index (χ1v) is 8.84. The summed E-state index contributed by atoms with van der Waals surface area (Å²) in [7, 11) is 0. The number of carbonyl (C=O) groups is 2. The summed E-state index contributed by atoms with van der Waals surface area (Å²) in [6.07, 6.45) is 6.91. The van der Waals surface area contributed by atoms with Crippen LogP contribution in [0.2, 0.25) is 10.0 Å². The summed E-state index contributed by atoms with van der Waals surface area (Å²) >= 11 is 11.7. The first-order valence-electron chi connectivity index (χ1n) is 8.08. The average molecular weight is 370 g/mol. The van der Waals surface area contributed by atoms with Gasteiger partial charge in [-0.15, -0.1) is 0 Å². The van der Waals surface area contributed by atoms with E-state index in [0.29, 0.717) is 16.6 Å². The number of allylic oxidation sites excluding steroid dienone is 1. The van der Waals surface area contributed by atoms with Gasteiger partial charge >= 0.3 is 5.97 Å². The molecule has 2 rings (SSSR count). The summed E-state index contributed by atoms with van der Waals surface area (Å²) in [4.78, 5) is 24.1. The number of amides is 1. The number of benzene rings is 1. The van der Waals surface area contributed by atoms with E-state index >= 15 is 0 Å². The van der Waals surface area contributed by atoms with Crippen LogP contribution >= 0.6 is 23.2 Å². The topological polar surface area (TPSA) is 55.4 Å². The lowest BCUT2D eigenvalue weighted by Crippen LogP contribution is -2.36. The van der Waals surface area contributed by atoms with Crippen molar-refractivity contribution in [2.75, 3.05) is 6.54 Å². The maximum Gasteiger partial charge on any atom is 0.339 e. The zero-order valence-electron chi connectivity index (χ0n) is 13.6. The minimum absolute atomic E-state index is 0.222. The van der Waals surface area contributed by atoms with Crippen LogP contribution in [-0.4, -0.2) is 24.5 Å². The molecule has 130 valence electrons. The van der Waals surface area contributed by atoms with Gasteiger partial charge in [0.2, 0.25) is 0 Å². The fourth-order valence-electron chi connectivity index (χ4n) is 2.58. The lowest BCUT2D eigenvalue weighted by atomic mass is 9.97. The van der Waals surface area contributed by atoms with Crippen molar-refractivity contribution in [2.24, 2.45) is 0 Å². The number of carbonyl (C=O) groups excluding carboxylic acids is 2. The molecule has 1 amide bonds. The molecular formula is C18H21Cl2NO3. The van der Waals surface area contributed by atoms with Gasteiger partial charge in [-0.1, -0.05) is 34.9 Å². The Kier molecular flexibility index (Phi) is 7.13. The number of hydrogen-bond acceptors (Lipinski definition) is 3. The predicted molar refractivity (Wildman–Crippen MR) is 95.5 cm³/mol. The Morgan fingerprint density at radius 2 is 1.92 bits per heavy atom. The molecule has 24 heavy (non-hydrogen) atoms. The van der Waals surface area contributed by atoms with Crippen LogP contribution in [0.1, 0.15) is 49.4 Å². The van der Waals surface area contributed by atoms with E-state index in [4.69, 9.17) is 27.9 Å². The van der Waals surface area contributed by atoms with E-state index in [0.717, 1.165) is 19.3 Å². The van der Waals surface area contributed by atoms with E-state index in [-0.39, 0.29) is 11.5 Å². The Bertz CT molecular complexity index is 623. The SMILES string of the molecule is C[C@@H](OC(=O)c1cc(Cl)cc(Cl)c1)C(=O)NCCC1=CCCCC1. The number of halogens is 2. The molecular weight excluding hydrogens is 349 g/mol. The van der Waals surface area contributed by atoms with Gasteiger partial charge in [-0.05, 0) is 57.2 Å². The Balaban J connectivity index is 1.80. The summed E-state index contributed by atoms with van der Waals surface area (Å²) in [5, 5.41) is 3.48. The van der Waals surface area contributed by atoms with Crippen molar-refractivity contribution in [3.8, 4) is 0 Å². The summed E-state index contributed by atoms with van der Waals surface area (Å²) in [6.45, 7) is 2.09. The molecule has 0 spiro atoms. The molecule has 1 N–H and O–H groups in total. The van der Waals surface area contributed by atoms with Gasteiger partial charge in [0.05, 0.1) is 5.56 Å². The minimum atomic E-state index is -0.879. The number of esters is 1. The molecule has 0 aromatic heterocycles. The fraction of sp³-hybridized carbons (Fsp3) is 0.444. The van der Waals surface area contributed by atoms with Gasteiger partial charge in [0, 0.05) is 16.6 Å². The van der Waals surface area contributed by atoms with Gasteiger partial charge in [0.1, 0.15) is 0 Å². The van der Waals surface area contributed by atoms with E-state index in [9.17, 15) is 9.59 Å². The second-order valence-corrected chi connectivity index (χ2v) is 6.73. The first-order chi connectivity index (χ1) is 11.5. The predicted octanol–water partition coefficient (Wildman–Crippen LogP) is 4.55. The van der Waals surface area contributed by atoms with Gasteiger partial charge in [0.15, 0.2) is 6.10 Å². The van der Waals surface area contributed by atoms with Crippen molar-refractivity contribution in [3.63, 3.8) is 0 Å². The van der Waals surface area contributed by atoms with Crippen LogP contribution in [-0.2, 0) is 9.53 Å². The van der Waals surface area contributed by atoms with Crippen LogP contribution in [0.4, 0.5) is 0 Å². The first kappa shape index (κ1) is 18.8. The van der Waals surface area contributed by atoms with Crippen molar-refractivity contribution in [3.05, 3.63) is 45.5 Å². The van der Waals surface area contributed by atoms with Crippen LogP contribution < -0.4 is 5.32 Å².